The summed E-state index contributed by atoms with van der Waals surface area (Å²) in [5.74, 6) is 3.82. The molecule has 0 spiro atoms. The number of H-pyrrole nitrogens is 1. The maximum absolute atomic E-state index is 6.27. The van der Waals surface area contributed by atoms with Crippen molar-refractivity contribution >= 4 is 33.6 Å². The largest absolute Gasteiger partial charge is 0.496 e. The van der Waals surface area contributed by atoms with Crippen LogP contribution in [0.5, 0.6) is 5.75 Å². The molecule has 0 unspecified atom stereocenters. The second-order valence-corrected chi connectivity index (χ2v) is 9.03. The molecule has 4 aromatic rings. The number of aliphatic imine (C=N–C) groups is 1. The van der Waals surface area contributed by atoms with Crippen molar-refractivity contribution in [2.45, 2.75) is 33.1 Å². The summed E-state index contributed by atoms with van der Waals surface area (Å²) in [4.78, 5) is 17.5. The number of aromatic amines is 1. The van der Waals surface area contributed by atoms with Crippen LogP contribution in [0, 0.1) is 19.8 Å². The molecule has 4 N–H and O–H groups in total. The Morgan fingerprint density at radius 1 is 1.28 bits per heavy atom. The number of nitrogens with zero attached hydrogens (tertiary/aromatic N) is 4. The summed E-state index contributed by atoms with van der Waals surface area (Å²) in [6.07, 6.45) is 4.70. The van der Waals surface area contributed by atoms with E-state index in [1.54, 1.807) is 21.3 Å². The van der Waals surface area contributed by atoms with Crippen LogP contribution in [0.25, 0.3) is 33.1 Å². The molecule has 1 saturated carbocycles. The zero-order valence-corrected chi connectivity index (χ0v) is 21.2. The van der Waals surface area contributed by atoms with Gasteiger partial charge < -0.3 is 30.0 Å². The molecule has 36 heavy (non-hydrogen) atoms. The molecule has 0 bridgehead atoms. The molecule has 1 fully saturated rings. The molecule has 3 aromatic heterocycles. The van der Waals surface area contributed by atoms with Crippen LogP contribution < -0.4 is 15.8 Å². The minimum atomic E-state index is 0.436. The normalized spacial score (nSPS) is 14.7. The van der Waals surface area contributed by atoms with E-state index in [-0.39, 0.29) is 0 Å². The lowest BCUT2D eigenvalue weighted by molar-refractivity contribution is 0.200. The third-order valence-corrected chi connectivity index (χ3v) is 6.49. The summed E-state index contributed by atoms with van der Waals surface area (Å²) in [6, 6.07) is 4.04. The van der Waals surface area contributed by atoms with Crippen molar-refractivity contribution in [2.24, 2.45) is 16.6 Å². The van der Waals surface area contributed by atoms with Crippen LogP contribution in [0.1, 0.15) is 30.1 Å². The van der Waals surface area contributed by atoms with E-state index in [1.807, 2.05) is 32.1 Å². The first-order chi connectivity index (χ1) is 17.4. The standard InChI is InChI=1S/C26H31N7O3/c1-13-23(14(2)36-33-13)17-10-19-16(11-20(17)35-5)24-25(29-19)30-21(8-9-34-4)31-26(24)32-22(28-3)12-18(27)15-6-7-15/h10-12,15H,6-9,27H2,1-5H3,(H2,28,29,30,31,32). The average Bonchev–Trinajstić information content (AvgIpc) is 3.59. The number of benzene rings is 1. The predicted molar refractivity (Wildman–Crippen MR) is 140 cm³/mol. The number of anilines is 1. The Morgan fingerprint density at radius 2 is 2.08 bits per heavy atom. The van der Waals surface area contributed by atoms with Gasteiger partial charge in [-0.15, -0.1) is 0 Å². The molecule has 0 saturated heterocycles. The van der Waals surface area contributed by atoms with Crippen molar-refractivity contribution in [2.75, 3.05) is 33.2 Å². The second-order valence-electron chi connectivity index (χ2n) is 9.03. The summed E-state index contributed by atoms with van der Waals surface area (Å²) in [6.45, 7) is 4.33. The van der Waals surface area contributed by atoms with E-state index in [0.29, 0.717) is 47.8 Å². The Hall–Kier alpha value is -3.92. The van der Waals surface area contributed by atoms with Gasteiger partial charge in [-0.1, -0.05) is 5.16 Å². The number of methoxy groups -OCH3 is 2. The van der Waals surface area contributed by atoms with Gasteiger partial charge in [0.2, 0.25) is 0 Å². The summed E-state index contributed by atoms with van der Waals surface area (Å²) in [7, 11) is 5.05. The highest BCUT2D eigenvalue weighted by molar-refractivity contribution is 6.16. The van der Waals surface area contributed by atoms with Crippen LogP contribution in [0.2, 0.25) is 0 Å². The van der Waals surface area contributed by atoms with E-state index < -0.39 is 0 Å². The summed E-state index contributed by atoms with van der Waals surface area (Å²) >= 11 is 0. The molecule has 0 aliphatic heterocycles. The average molecular weight is 490 g/mol. The van der Waals surface area contributed by atoms with Gasteiger partial charge in [-0.2, -0.15) is 0 Å². The Kier molecular flexibility index (Phi) is 6.36. The van der Waals surface area contributed by atoms with Gasteiger partial charge in [0.25, 0.3) is 0 Å². The fourth-order valence-corrected chi connectivity index (χ4v) is 4.47. The molecule has 0 amide bonds. The van der Waals surface area contributed by atoms with E-state index >= 15 is 0 Å². The van der Waals surface area contributed by atoms with E-state index in [0.717, 1.165) is 57.4 Å². The smallest absolute Gasteiger partial charge is 0.145 e. The third kappa shape index (κ3) is 4.39. The molecule has 3 heterocycles. The van der Waals surface area contributed by atoms with Gasteiger partial charge in [-0.25, -0.2) is 9.97 Å². The second kappa shape index (κ2) is 9.62. The maximum Gasteiger partial charge on any atom is 0.145 e. The molecule has 188 valence electrons. The fraction of sp³-hybridized carbons (Fsp3) is 0.385. The van der Waals surface area contributed by atoms with Crippen molar-refractivity contribution in [3.63, 3.8) is 0 Å². The lowest BCUT2D eigenvalue weighted by Gasteiger charge is -2.11. The zero-order valence-electron chi connectivity index (χ0n) is 21.2. The van der Waals surface area contributed by atoms with Crippen LogP contribution in [-0.2, 0) is 11.2 Å². The lowest BCUT2D eigenvalue weighted by Crippen LogP contribution is -2.15. The molecule has 1 aromatic carbocycles. The highest BCUT2D eigenvalue weighted by Gasteiger charge is 2.25. The van der Waals surface area contributed by atoms with Crippen LogP contribution in [0.3, 0.4) is 0 Å². The van der Waals surface area contributed by atoms with Gasteiger partial charge in [0.05, 0.1) is 30.4 Å². The van der Waals surface area contributed by atoms with Gasteiger partial charge in [0, 0.05) is 42.7 Å². The van der Waals surface area contributed by atoms with Gasteiger partial charge in [-0.05, 0) is 50.8 Å². The third-order valence-electron chi connectivity index (χ3n) is 6.49. The van der Waals surface area contributed by atoms with E-state index in [1.165, 1.54) is 0 Å². The molecular weight excluding hydrogens is 458 g/mol. The van der Waals surface area contributed by atoms with Crippen LogP contribution in [0.15, 0.2) is 33.4 Å². The van der Waals surface area contributed by atoms with Crippen LogP contribution in [-0.4, -0.2) is 53.8 Å². The number of hydrogen-bond donors (Lipinski definition) is 3. The number of aromatic nitrogens is 4. The van der Waals surface area contributed by atoms with Crippen LogP contribution in [0.4, 0.5) is 5.82 Å². The molecule has 0 radical (unpaired) electrons. The predicted octanol–water partition coefficient (Wildman–Crippen LogP) is 4.27. The quantitative estimate of drug-likeness (QED) is 0.246. The highest BCUT2D eigenvalue weighted by Crippen LogP contribution is 2.40. The van der Waals surface area contributed by atoms with Gasteiger partial charge in [0.15, 0.2) is 0 Å². The molecule has 10 nitrogen and oxygen atoms in total. The number of rotatable bonds is 8. The topological polar surface area (TPSA) is 136 Å². The number of ether oxygens (including phenoxy) is 2. The number of allylic oxidation sites excluding steroid dienone is 1. The first-order valence-corrected chi connectivity index (χ1v) is 12.0. The Morgan fingerprint density at radius 3 is 2.72 bits per heavy atom. The monoisotopic (exact) mass is 489 g/mol. The Balaban J connectivity index is 1.69. The number of nitrogens with one attached hydrogen (secondary N) is 2. The Bertz CT molecular complexity index is 1480. The molecule has 1 aliphatic carbocycles. The first-order valence-electron chi connectivity index (χ1n) is 12.0. The number of nitrogens with two attached hydrogens (primary N) is 1. The van der Waals surface area contributed by atoms with E-state index in [4.69, 9.17) is 29.7 Å². The van der Waals surface area contributed by atoms with Gasteiger partial charge >= 0.3 is 0 Å². The molecular formula is C26H31N7O3. The SMILES string of the molecule is CN=C(C=C(N)C1CC1)Nc1nc(CCOC)nc2[nH]c3cc(-c4c(C)noc4C)c(OC)cc3c12. The highest BCUT2D eigenvalue weighted by atomic mass is 16.5. The van der Waals surface area contributed by atoms with E-state index in [2.05, 4.69) is 20.4 Å². The summed E-state index contributed by atoms with van der Waals surface area (Å²) < 4.78 is 16.5. The molecule has 10 heteroatoms. The molecule has 1 aliphatic rings. The maximum atomic E-state index is 6.27. The first kappa shape index (κ1) is 23.8. The minimum Gasteiger partial charge on any atom is -0.496 e. The minimum absolute atomic E-state index is 0.436. The molecule has 5 rings (SSSR count). The van der Waals surface area contributed by atoms with Crippen molar-refractivity contribution < 1.29 is 14.0 Å². The Labute approximate surface area is 209 Å². The van der Waals surface area contributed by atoms with Gasteiger partial charge in [-0.3, -0.25) is 4.99 Å². The van der Waals surface area contributed by atoms with Crippen molar-refractivity contribution in [1.82, 2.24) is 20.1 Å². The number of amidine groups is 1. The van der Waals surface area contributed by atoms with Crippen LogP contribution >= 0.6 is 0 Å². The van der Waals surface area contributed by atoms with Crippen molar-refractivity contribution in [3.8, 4) is 16.9 Å². The number of aryl methyl sites for hydroxylation is 2. The zero-order chi connectivity index (χ0) is 25.4. The lowest BCUT2D eigenvalue weighted by atomic mass is 10.0. The van der Waals surface area contributed by atoms with E-state index in [9.17, 15) is 0 Å². The fourth-order valence-electron chi connectivity index (χ4n) is 4.47. The number of hydrogen-bond acceptors (Lipinski definition) is 8. The molecule has 0 atom stereocenters. The van der Waals surface area contributed by atoms with Gasteiger partial charge in [0.1, 0.15) is 34.6 Å². The number of fused-ring (bicyclic) bond motifs is 3. The summed E-state index contributed by atoms with van der Waals surface area (Å²) in [5, 5.41) is 9.27. The van der Waals surface area contributed by atoms with Crippen molar-refractivity contribution in [1.29, 1.82) is 0 Å². The van der Waals surface area contributed by atoms with Crippen molar-refractivity contribution in [3.05, 3.63) is 41.2 Å². The summed E-state index contributed by atoms with van der Waals surface area (Å²) in [5.41, 5.74) is 11.3.